The summed E-state index contributed by atoms with van der Waals surface area (Å²) in [5.41, 5.74) is 5.21. The molecule has 2 N–H and O–H groups in total. The second-order valence-electron chi connectivity index (χ2n) is 9.76. The smallest absolute Gasteiger partial charge is 0.378 e. The van der Waals surface area contributed by atoms with Gasteiger partial charge in [-0.25, -0.2) is 0 Å². The Labute approximate surface area is 207 Å². The normalized spacial score (nSPS) is 21.2. The molecule has 36 heavy (non-hydrogen) atoms. The summed E-state index contributed by atoms with van der Waals surface area (Å²) < 4.78 is 53.1. The first-order valence-corrected chi connectivity index (χ1v) is 12.3. The van der Waals surface area contributed by atoms with Gasteiger partial charge in [0.05, 0.1) is 49.1 Å². The van der Waals surface area contributed by atoms with E-state index in [1.165, 1.54) is 4.90 Å². The van der Waals surface area contributed by atoms with E-state index < -0.39 is 18.8 Å². The van der Waals surface area contributed by atoms with Crippen LogP contribution in [0.3, 0.4) is 0 Å². The van der Waals surface area contributed by atoms with Crippen LogP contribution < -0.4 is 5.32 Å². The first-order chi connectivity index (χ1) is 17.3. The molecule has 2 atom stereocenters. The van der Waals surface area contributed by atoms with Crippen LogP contribution >= 0.6 is 0 Å². The Hall–Kier alpha value is -2.98. The quantitative estimate of drug-likeness (QED) is 0.433. The van der Waals surface area contributed by atoms with Gasteiger partial charge in [0.1, 0.15) is 0 Å². The van der Waals surface area contributed by atoms with E-state index in [1.54, 1.807) is 18.6 Å². The number of fused-ring (bicyclic) bond motifs is 1. The molecule has 4 heterocycles. The number of nitrogens with zero attached hydrogens (tertiary/aromatic N) is 4. The van der Waals surface area contributed by atoms with Gasteiger partial charge in [0.25, 0.3) is 0 Å². The van der Waals surface area contributed by atoms with Crippen LogP contribution in [0.15, 0.2) is 48.9 Å². The fourth-order valence-corrected chi connectivity index (χ4v) is 5.30. The minimum atomic E-state index is -4.32. The SMILES string of the molecule is C[C@@H]1Cc2cc(-c3cn[nH]c3)ccc2[C@@H](c2ccc(NC3CN(CCCF)C3)cn2)N1CC(F)(F)F. The summed E-state index contributed by atoms with van der Waals surface area (Å²) in [6.07, 6.45) is 1.98. The molecular formula is C26H30F4N6. The van der Waals surface area contributed by atoms with Gasteiger partial charge in [-0.1, -0.05) is 18.2 Å². The van der Waals surface area contributed by atoms with Gasteiger partial charge in [-0.15, -0.1) is 0 Å². The third-order valence-corrected chi connectivity index (χ3v) is 7.05. The highest BCUT2D eigenvalue weighted by Crippen LogP contribution is 2.40. The molecule has 192 valence electrons. The fraction of sp³-hybridized carbons (Fsp3) is 0.462. The second-order valence-corrected chi connectivity index (χ2v) is 9.76. The third kappa shape index (κ3) is 5.39. The summed E-state index contributed by atoms with van der Waals surface area (Å²) >= 11 is 0. The highest BCUT2D eigenvalue weighted by Gasteiger charge is 2.41. The van der Waals surface area contributed by atoms with Gasteiger partial charge >= 0.3 is 6.18 Å². The number of pyridine rings is 1. The molecule has 2 aliphatic heterocycles. The summed E-state index contributed by atoms with van der Waals surface area (Å²) in [5, 5.41) is 10.2. The lowest BCUT2D eigenvalue weighted by Gasteiger charge is -2.42. The van der Waals surface area contributed by atoms with Crippen LogP contribution in [0, 0.1) is 0 Å². The van der Waals surface area contributed by atoms with Gasteiger partial charge in [-0.3, -0.25) is 24.3 Å². The van der Waals surface area contributed by atoms with Gasteiger partial charge in [-0.2, -0.15) is 18.3 Å². The van der Waals surface area contributed by atoms with Gasteiger partial charge in [0, 0.05) is 37.4 Å². The highest BCUT2D eigenvalue weighted by atomic mass is 19.4. The number of nitrogens with one attached hydrogen (secondary N) is 2. The molecule has 5 rings (SSSR count). The summed E-state index contributed by atoms with van der Waals surface area (Å²) in [6, 6.07) is 8.96. The van der Waals surface area contributed by atoms with Crippen LogP contribution in [0.2, 0.25) is 0 Å². The molecule has 1 fully saturated rings. The minimum Gasteiger partial charge on any atom is -0.378 e. The number of alkyl halides is 4. The maximum atomic E-state index is 13.6. The molecule has 1 saturated heterocycles. The van der Waals surface area contributed by atoms with E-state index in [0.717, 1.165) is 47.6 Å². The molecule has 0 aliphatic carbocycles. The standard InChI is InChI=1S/C26H30F4N6/c1-17-9-19-10-18(20-11-32-33-12-20)3-5-23(19)25(36(17)16-26(28,29)30)24-6-4-21(13-31-24)34-22-14-35(15-22)8-2-7-27/h3-6,10-13,17,22,25,34H,2,7-9,14-16H2,1H3,(H,32,33)/t17-,25+/m1/s1. The number of likely N-dealkylation sites (tertiary alicyclic amines) is 1. The Kier molecular flexibility index (Phi) is 6.98. The minimum absolute atomic E-state index is 0.260. The van der Waals surface area contributed by atoms with Crippen molar-refractivity contribution in [3.05, 3.63) is 65.7 Å². The molecule has 0 bridgehead atoms. The Balaban J connectivity index is 1.39. The summed E-state index contributed by atoms with van der Waals surface area (Å²) in [5.74, 6) is 0. The Morgan fingerprint density at radius 2 is 1.94 bits per heavy atom. The number of rotatable bonds is 8. The van der Waals surface area contributed by atoms with Crippen LogP contribution in [-0.2, 0) is 6.42 Å². The number of H-pyrrole nitrogens is 1. The van der Waals surface area contributed by atoms with E-state index in [0.29, 0.717) is 18.5 Å². The number of hydrogen-bond donors (Lipinski definition) is 2. The van der Waals surface area contributed by atoms with Crippen molar-refractivity contribution in [2.75, 3.05) is 38.2 Å². The molecule has 0 amide bonds. The van der Waals surface area contributed by atoms with Crippen LogP contribution in [0.1, 0.15) is 36.2 Å². The number of anilines is 1. The van der Waals surface area contributed by atoms with Crippen molar-refractivity contribution in [1.29, 1.82) is 0 Å². The van der Waals surface area contributed by atoms with Crippen molar-refractivity contribution in [1.82, 2.24) is 25.0 Å². The van der Waals surface area contributed by atoms with Crippen LogP contribution in [0.5, 0.6) is 0 Å². The van der Waals surface area contributed by atoms with E-state index >= 15 is 0 Å². The van der Waals surface area contributed by atoms with Crippen LogP contribution in [0.4, 0.5) is 23.2 Å². The molecular weight excluding hydrogens is 472 g/mol. The molecule has 0 unspecified atom stereocenters. The maximum Gasteiger partial charge on any atom is 0.401 e. The van der Waals surface area contributed by atoms with Gasteiger partial charge in [0.2, 0.25) is 0 Å². The molecule has 3 aromatic rings. The fourth-order valence-electron chi connectivity index (χ4n) is 5.30. The highest BCUT2D eigenvalue weighted by molar-refractivity contribution is 5.64. The Morgan fingerprint density at radius 1 is 1.11 bits per heavy atom. The van der Waals surface area contributed by atoms with Crippen molar-refractivity contribution < 1.29 is 17.6 Å². The summed E-state index contributed by atoms with van der Waals surface area (Å²) in [7, 11) is 0. The first kappa shape index (κ1) is 24.7. The second kappa shape index (κ2) is 10.2. The molecule has 0 spiro atoms. The van der Waals surface area contributed by atoms with E-state index in [2.05, 4.69) is 31.5 Å². The zero-order valence-corrected chi connectivity index (χ0v) is 20.1. The molecule has 10 heteroatoms. The lowest BCUT2D eigenvalue weighted by atomic mass is 9.85. The lowest BCUT2D eigenvalue weighted by Crippen LogP contribution is -2.54. The van der Waals surface area contributed by atoms with E-state index in [9.17, 15) is 17.6 Å². The molecule has 0 radical (unpaired) electrons. The lowest BCUT2D eigenvalue weighted by molar-refractivity contribution is -0.155. The third-order valence-electron chi connectivity index (χ3n) is 7.05. The van der Waals surface area contributed by atoms with E-state index in [-0.39, 0.29) is 18.8 Å². The average molecular weight is 503 g/mol. The maximum absolute atomic E-state index is 13.6. The zero-order chi connectivity index (χ0) is 25.3. The van der Waals surface area contributed by atoms with Crippen molar-refractivity contribution >= 4 is 5.69 Å². The van der Waals surface area contributed by atoms with Crippen LogP contribution in [0.25, 0.3) is 11.1 Å². The van der Waals surface area contributed by atoms with Gasteiger partial charge < -0.3 is 5.32 Å². The Bertz CT molecular complexity index is 1140. The number of aromatic nitrogens is 3. The largest absolute Gasteiger partial charge is 0.401 e. The number of aromatic amines is 1. The van der Waals surface area contributed by atoms with Crippen LogP contribution in [-0.4, -0.2) is 76.1 Å². The molecule has 1 aromatic carbocycles. The first-order valence-electron chi connectivity index (χ1n) is 12.3. The predicted octanol–water partition coefficient (Wildman–Crippen LogP) is 4.83. The molecule has 6 nitrogen and oxygen atoms in total. The Morgan fingerprint density at radius 3 is 2.61 bits per heavy atom. The van der Waals surface area contributed by atoms with Gasteiger partial charge in [-0.05, 0) is 48.6 Å². The monoisotopic (exact) mass is 502 g/mol. The number of halogens is 4. The summed E-state index contributed by atoms with van der Waals surface area (Å²) in [6.45, 7) is 2.97. The van der Waals surface area contributed by atoms with Gasteiger partial charge in [0.15, 0.2) is 0 Å². The molecule has 2 aromatic heterocycles. The molecule has 2 aliphatic rings. The van der Waals surface area contributed by atoms with Crippen molar-refractivity contribution in [3.8, 4) is 11.1 Å². The van der Waals surface area contributed by atoms with Crippen molar-refractivity contribution in [3.63, 3.8) is 0 Å². The molecule has 0 saturated carbocycles. The van der Waals surface area contributed by atoms with E-state index in [4.69, 9.17) is 0 Å². The van der Waals surface area contributed by atoms with Crippen molar-refractivity contribution in [2.24, 2.45) is 0 Å². The predicted molar refractivity (Wildman–Crippen MR) is 130 cm³/mol. The number of hydrogen-bond acceptors (Lipinski definition) is 5. The summed E-state index contributed by atoms with van der Waals surface area (Å²) in [4.78, 5) is 8.31. The topological polar surface area (TPSA) is 60.1 Å². The average Bonchev–Trinajstić information content (AvgIpc) is 3.35. The number of benzene rings is 1. The van der Waals surface area contributed by atoms with E-state index in [1.807, 2.05) is 31.2 Å². The van der Waals surface area contributed by atoms with Crippen molar-refractivity contribution in [2.45, 2.75) is 44.1 Å². The zero-order valence-electron chi connectivity index (χ0n) is 20.1.